The highest BCUT2D eigenvalue weighted by molar-refractivity contribution is 6.30. The van der Waals surface area contributed by atoms with Gasteiger partial charge in [0.25, 0.3) is 0 Å². The van der Waals surface area contributed by atoms with Gasteiger partial charge in [-0.05, 0) is 39.0 Å². The molecule has 0 aliphatic carbocycles. The summed E-state index contributed by atoms with van der Waals surface area (Å²) in [5.41, 5.74) is 0. The van der Waals surface area contributed by atoms with Crippen LogP contribution in [0.5, 0.6) is 5.75 Å². The second-order valence-corrected chi connectivity index (χ2v) is 4.57. The molecule has 0 spiro atoms. The highest BCUT2D eigenvalue weighted by atomic mass is 35.5. The third-order valence-corrected chi connectivity index (χ3v) is 2.56. The van der Waals surface area contributed by atoms with Crippen molar-refractivity contribution >= 4 is 17.6 Å². The fourth-order valence-corrected chi connectivity index (χ4v) is 1.72. The molecule has 1 rings (SSSR count). The maximum absolute atomic E-state index is 5.91. The van der Waals surface area contributed by atoms with Crippen molar-refractivity contribution in [2.24, 2.45) is 4.99 Å². The molecule has 0 saturated carbocycles. The third kappa shape index (κ3) is 6.34. The predicted octanol–water partition coefficient (Wildman–Crippen LogP) is 2.68. The number of benzene rings is 1. The molecule has 0 saturated heterocycles. The average molecular weight is 284 g/mol. The van der Waals surface area contributed by atoms with Crippen molar-refractivity contribution < 1.29 is 4.74 Å². The van der Waals surface area contributed by atoms with Crippen LogP contribution in [0.15, 0.2) is 29.3 Å². The number of hydrogen-bond donors (Lipinski definition) is 2. The normalized spacial score (nSPS) is 11.6. The largest absolute Gasteiger partial charge is 0.489 e. The number of hydrogen-bond acceptors (Lipinski definition) is 2. The Bertz CT molecular complexity index is 401. The van der Waals surface area contributed by atoms with E-state index in [2.05, 4.69) is 15.6 Å². The Kier molecular flexibility index (Phi) is 7.11. The van der Waals surface area contributed by atoms with Gasteiger partial charge in [0.05, 0.1) is 6.54 Å². The SMILES string of the molecule is CCNC(=NCC(C)Oc1cccc(Cl)c1)NCC. The maximum atomic E-state index is 5.91. The summed E-state index contributed by atoms with van der Waals surface area (Å²) in [6, 6.07) is 7.39. The van der Waals surface area contributed by atoms with Gasteiger partial charge in [-0.3, -0.25) is 0 Å². The fourth-order valence-electron chi connectivity index (χ4n) is 1.54. The van der Waals surface area contributed by atoms with Crippen LogP contribution >= 0.6 is 11.6 Å². The molecule has 106 valence electrons. The van der Waals surface area contributed by atoms with E-state index in [-0.39, 0.29) is 6.10 Å². The number of aliphatic imine (C=N–C) groups is 1. The Morgan fingerprint density at radius 1 is 1.32 bits per heavy atom. The molecule has 0 aliphatic heterocycles. The van der Waals surface area contributed by atoms with Gasteiger partial charge in [-0.2, -0.15) is 0 Å². The number of halogens is 1. The number of guanidine groups is 1. The Morgan fingerprint density at radius 2 is 2.00 bits per heavy atom. The monoisotopic (exact) mass is 283 g/mol. The molecule has 2 N–H and O–H groups in total. The molecule has 5 heteroatoms. The van der Waals surface area contributed by atoms with Crippen LogP contribution in [0.25, 0.3) is 0 Å². The molecule has 1 unspecified atom stereocenters. The van der Waals surface area contributed by atoms with Gasteiger partial charge in [0, 0.05) is 18.1 Å². The molecule has 0 aliphatic rings. The van der Waals surface area contributed by atoms with Crippen molar-refractivity contribution in [1.29, 1.82) is 0 Å². The van der Waals surface area contributed by atoms with Gasteiger partial charge in [-0.1, -0.05) is 17.7 Å². The minimum Gasteiger partial charge on any atom is -0.489 e. The maximum Gasteiger partial charge on any atom is 0.191 e. The van der Waals surface area contributed by atoms with Gasteiger partial charge in [0.2, 0.25) is 0 Å². The van der Waals surface area contributed by atoms with E-state index in [1.54, 1.807) is 6.07 Å². The van der Waals surface area contributed by atoms with Gasteiger partial charge < -0.3 is 15.4 Å². The van der Waals surface area contributed by atoms with Crippen LogP contribution in [0.3, 0.4) is 0 Å². The first-order valence-electron chi connectivity index (χ1n) is 6.60. The van der Waals surface area contributed by atoms with Crippen molar-refractivity contribution in [3.05, 3.63) is 29.3 Å². The van der Waals surface area contributed by atoms with Crippen LogP contribution in [0.1, 0.15) is 20.8 Å². The van der Waals surface area contributed by atoms with Crippen molar-refractivity contribution in [3.8, 4) is 5.75 Å². The first-order chi connectivity index (χ1) is 9.15. The van der Waals surface area contributed by atoms with E-state index in [1.165, 1.54) is 0 Å². The molecule has 0 aromatic heterocycles. The number of nitrogens with one attached hydrogen (secondary N) is 2. The van der Waals surface area contributed by atoms with Crippen LogP contribution in [0.2, 0.25) is 5.02 Å². The molecule has 1 aromatic carbocycles. The lowest BCUT2D eigenvalue weighted by Gasteiger charge is -2.14. The van der Waals surface area contributed by atoms with E-state index >= 15 is 0 Å². The zero-order valence-electron chi connectivity index (χ0n) is 11.7. The highest BCUT2D eigenvalue weighted by Gasteiger charge is 2.04. The molecule has 0 fully saturated rings. The van der Waals surface area contributed by atoms with Crippen molar-refractivity contribution in [2.45, 2.75) is 26.9 Å². The van der Waals surface area contributed by atoms with E-state index in [4.69, 9.17) is 16.3 Å². The summed E-state index contributed by atoms with van der Waals surface area (Å²) in [4.78, 5) is 4.46. The smallest absolute Gasteiger partial charge is 0.191 e. The molecule has 1 atom stereocenters. The Hall–Kier alpha value is -1.42. The topological polar surface area (TPSA) is 45.7 Å². The second kappa shape index (κ2) is 8.64. The van der Waals surface area contributed by atoms with E-state index in [9.17, 15) is 0 Å². The van der Waals surface area contributed by atoms with Gasteiger partial charge >= 0.3 is 0 Å². The van der Waals surface area contributed by atoms with Crippen molar-refractivity contribution in [1.82, 2.24) is 10.6 Å². The lowest BCUT2D eigenvalue weighted by atomic mass is 10.3. The first kappa shape index (κ1) is 15.6. The van der Waals surface area contributed by atoms with E-state index < -0.39 is 0 Å². The second-order valence-electron chi connectivity index (χ2n) is 4.14. The van der Waals surface area contributed by atoms with Crippen LogP contribution < -0.4 is 15.4 Å². The summed E-state index contributed by atoms with van der Waals surface area (Å²) in [5.74, 6) is 1.58. The van der Waals surface area contributed by atoms with Gasteiger partial charge in [-0.25, -0.2) is 4.99 Å². The Labute approximate surface area is 120 Å². The Balaban J connectivity index is 2.49. The summed E-state index contributed by atoms with van der Waals surface area (Å²) in [7, 11) is 0. The summed E-state index contributed by atoms with van der Waals surface area (Å²) < 4.78 is 5.75. The predicted molar refractivity (Wildman–Crippen MR) is 81.2 cm³/mol. The average Bonchev–Trinajstić information content (AvgIpc) is 2.36. The summed E-state index contributed by atoms with van der Waals surface area (Å²) in [6.45, 7) is 8.34. The summed E-state index contributed by atoms with van der Waals surface area (Å²) in [5, 5.41) is 7.02. The molecule has 4 nitrogen and oxygen atoms in total. The molecular formula is C14H22ClN3O. The van der Waals surface area contributed by atoms with Gasteiger partial charge in [0.15, 0.2) is 5.96 Å². The molecule has 0 radical (unpaired) electrons. The van der Waals surface area contributed by atoms with Crippen LogP contribution in [-0.4, -0.2) is 31.7 Å². The zero-order chi connectivity index (χ0) is 14.1. The molecule has 19 heavy (non-hydrogen) atoms. The lowest BCUT2D eigenvalue weighted by molar-refractivity contribution is 0.230. The lowest BCUT2D eigenvalue weighted by Crippen LogP contribution is -2.37. The van der Waals surface area contributed by atoms with Crippen LogP contribution in [0.4, 0.5) is 0 Å². The highest BCUT2D eigenvalue weighted by Crippen LogP contribution is 2.18. The van der Waals surface area contributed by atoms with E-state index in [0.717, 1.165) is 24.8 Å². The molecule has 0 bridgehead atoms. The van der Waals surface area contributed by atoms with Gasteiger partial charge in [0.1, 0.15) is 11.9 Å². The van der Waals surface area contributed by atoms with Crippen molar-refractivity contribution in [3.63, 3.8) is 0 Å². The molecule has 0 heterocycles. The summed E-state index contributed by atoms with van der Waals surface area (Å²) in [6.07, 6.45) is -0.00854. The zero-order valence-corrected chi connectivity index (χ0v) is 12.5. The number of rotatable bonds is 6. The van der Waals surface area contributed by atoms with Crippen molar-refractivity contribution in [2.75, 3.05) is 19.6 Å². The fraction of sp³-hybridized carbons (Fsp3) is 0.500. The molecule has 0 amide bonds. The number of ether oxygens (including phenoxy) is 1. The Morgan fingerprint density at radius 3 is 2.58 bits per heavy atom. The first-order valence-corrected chi connectivity index (χ1v) is 6.97. The quantitative estimate of drug-likeness (QED) is 0.623. The minimum atomic E-state index is -0.00854. The number of nitrogens with zero attached hydrogens (tertiary/aromatic N) is 1. The van der Waals surface area contributed by atoms with Crippen LogP contribution in [0, 0.1) is 0 Å². The van der Waals surface area contributed by atoms with Crippen LogP contribution in [-0.2, 0) is 0 Å². The van der Waals surface area contributed by atoms with E-state index in [1.807, 2.05) is 39.0 Å². The van der Waals surface area contributed by atoms with E-state index in [0.29, 0.717) is 11.6 Å². The minimum absolute atomic E-state index is 0.00854. The summed E-state index contributed by atoms with van der Waals surface area (Å²) >= 11 is 5.91. The molecular weight excluding hydrogens is 262 g/mol. The standard InChI is InChI=1S/C14H22ClN3O/c1-4-16-14(17-5-2)18-10-11(3)19-13-8-6-7-12(15)9-13/h6-9,11H,4-5,10H2,1-3H3,(H2,16,17,18). The molecule has 1 aromatic rings. The van der Waals surface area contributed by atoms with Gasteiger partial charge in [-0.15, -0.1) is 0 Å². The third-order valence-electron chi connectivity index (χ3n) is 2.33.